The van der Waals surface area contributed by atoms with Gasteiger partial charge in [-0.25, -0.2) is 4.79 Å². The fourth-order valence-corrected chi connectivity index (χ4v) is 1.92. The van der Waals surface area contributed by atoms with E-state index in [9.17, 15) is 35.9 Å². The molecule has 1 aliphatic heterocycles. The van der Waals surface area contributed by atoms with Gasteiger partial charge in [0, 0.05) is 13.0 Å². The van der Waals surface area contributed by atoms with Crippen molar-refractivity contribution in [3.05, 3.63) is 0 Å². The molecular weight excluding hydrogens is 300 g/mol. The minimum absolute atomic E-state index is 0.0986. The number of carbonyl (C=O) groups excluding carboxylic acids is 1. The molecule has 1 rings (SSSR count). The number of halogens is 6. The van der Waals surface area contributed by atoms with Gasteiger partial charge < -0.3 is 15.1 Å². The van der Waals surface area contributed by atoms with Crippen LogP contribution in [0.4, 0.5) is 26.3 Å². The first-order valence-electron chi connectivity index (χ1n) is 5.20. The summed E-state index contributed by atoms with van der Waals surface area (Å²) < 4.78 is 74.2. The molecule has 116 valence electrons. The summed E-state index contributed by atoms with van der Waals surface area (Å²) in [5.74, 6) is -8.51. The zero-order chi connectivity index (χ0) is 15.9. The Kier molecular flexibility index (Phi) is 4.22. The standard InChI is InChI=1S/C9H9F6NO4/c10-8(11,12)5(9(13,14)15)6(18)16-2-3(17)1-4(16)7(19)20/h3-5,17H,1-2H2,(H,19,20)/t3-,4-/m0/s1. The first kappa shape index (κ1) is 16.5. The van der Waals surface area contributed by atoms with Crippen molar-refractivity contribution < 1.29 is 46.1 Å². The summed E-state index contributed by atoms with van der Waals surface area (Å²) in [6.45, 7) is -0.890. The van der Waals surface area contributed by atoms with E-state index in [1.807, 2.05) is 0 Å². The molecule has 1 fully saturated rings. The van der Waals surface area contributed by atoms with E-state index in [1.54, 1.807) is 0 Å². The number of aliphatic hydroxyl groups is 1. The second-order valence-corrected chi connectivity index (χ2v) is 4.25. The van der Waals surface area contributed by atoms with Gasteiger partial charge in [-0.15, -0.1) is 0 Å². The largest absolute Gasteiger partial charge is 0.480 e. The van der Waals surface area contributed by atoms with E-state index in [-0.39, 0.29) is 4.90 Å². The Morgan fingerprint density at radius 2 is 1.55 bits per heavy atom. The Labute approximate surface area is 107 Å². The monoisotopic (exact) mass is 309 g/mol. The van der Waals surface area contributed by atoms with E-state index in [1.165, 1.54) is 0 Å². The van der Waals surface area contributed by atoms with Crippen molar-refractivity contribution in [1.29, 1.82) is 0 Å². The van der Waals surface area contributed by atoms with E-state index < -0.39 is 55.3 Å². The van der Waals surface area contributed by atoms with Gasteiger partial charge in [0.25, 0.3) is 0 Å². The van der Waals surface area contributed by atoms with Crippen LogP contribution in [0.25, 0.3) is 0 Å². The third-order valence-electron chi connectivity index (χ3n) is 2.75. The van der Waals surface area contributed by atoms with Gasteiger partial charge in [-0.1, -0.05) is 0 Å². The smallest absolute Gasteiger partial charge is 0.409 e. The lowest BCUT2D eigenvalue weighted by Crippen LogP contribution is -2.52. The van der Waals surface area contributed by atoms with Gasteiger partial charge in [0.05, 0.1) is 6.10 Å². The lowest BCUT2D eigenvalue weighted by molar-refractivity contribution is -0.278. The number of carboxylic acid groups (broad SMARTS) is 1. The maximum atomic E-state index is 12.4. The van der Waals surface area contributed by atoms with Crippen molar-refractivity contribution in [2.45, 2.75) is 30.9 Å². The second kappa shape index (κ2) is 5.11. The van der Waals surface area contributed by atoms with E-state index in [0.29, 0.717) is 0 Å². The molecule has 1 saturated heterocycles. The zero-order valence-corrected chi connectivity index (χ0v) is 9.57. The highest BCUT2D eigenvalue weighted by Crippen LogP contribution is 2.41. The van der Waals surface area contributed by atoms with Gasteiger partial charge >= 0.3 is 18.3 Å². The molecule has 0 bridgehead atoms. The molecule has 0 aliphatic carbocycles. The number of β-amino-alcohol motifs (C(OH)–C–C–N with tert-alkyl or cyclic N) is 1. The molecule has 0 aromatic rings. The molecule has 1 amide bonds. The van der Waals surface area contributed by atoms with Crippen LogP contribution in [0.2, 0.25) is 0 Å². The molecule has 11 heteroatoms. The summed E-state index contributed by atoms with van der Waals surface area (Å²) in [6.07, 6.45) is -13.9. The SMILES string of the molecule is O=C(O)[C@@H]1C[C@H](O)CN1C(=O)C(C(F)(F)F)C(F)(F)F. The molecule has 2 N–H and O–H groups in total. The zero-order valence-electron chi connectivity index (χ0n) is 9.57. The number of hydrogen-bond donors (Lipinski definition) is 2. The quantitative estimate of drug-likeness (QED) is 0.739. The number of aliphatic carboxylic acids is 1. The Morgan fingerprint density at radius 1 is 1.10 bits per heavy atom. The minimum Gasteiger partial charge on any atom is -0.480 e. The number of amides is 1. The third-order valence-corrected chi connectivity index (χ3v) is 2.75. The van der Waals surface area contributed by atoms with Crippen LogP contribution in [-0.2, 0) is 9.59 Å². The Balaban J connectivity index is 3.10. The molecular formula is C9H9F6NO4. The van der Waals surface area contributed by atoms with Crippen LogP contribution in [0.1, 0.15) is 6.42 Å². The molecule has 20 heavy (non-hydrogen) atoms. The summed E-state index contributed by atoms with van der Waals surface area (Å²) in [5, 5.41) is 17.8. The van der Waals surface area contributed by atoms with Crippen LogP contribution in [0.5, 0.6) is 0 Å². The van der Waals surface area contributed by atoms with E-state index >= 15 is 0 Å². The van der Waals surface area contributed by atoms with Crippen molar-refractivity contribution in [3.63, 3.8) is 0 Å². The summed E-state index contributed by atoms with van der Waals surface area (Å²) >= 11 is 0. The van der Waals surface area contributed by atoms with Gasteiger partial charge in [0.1, 0.15) is 6.04 Å². The molecule has 0 radical (unpaired) electrons. The highest BCUT2D eigenvalue weighted by atomic mass is 19.4. The maximum absolute atomic E-state index is 12.4. The molecule has 1 heterocycles. The van der Waals surface area contributed by atoms with Gasteiger partial charge in [-0.3, -0.25) is 4.79 Å². The van der Waals surface area contributed by atoms with Crippen molar-refractivity contribution in [1.82, 2.24) is 4.90 Å². The van der Waals surface area contributed by atoms with Crippen LogP contribution >= 0.6 is 0 Å². The number of rotatable bonds is 2. The highest BCUT2D eigenvalue weighted by molar-refractivity contribution is 5.86. The number of aliphatic hydroxyl groups excluding tert-OH is 1. The first-order chi connectivity index (χ1) is 8.85. The Bertz CT molecular complexity index is 392. The van der Waals surface area contributed by atoms with Crippen LogP contribution < -0.4 is 0 Å². The second-order valence-electron chi connectivity index (χ2n) is 4.25. The van der Waals surface area contributed by atoms with Crippen molar-refractivity contribution in [2.24, 2.45) is 5.92 Å². The van der Waals surface area contributed by atoms with Crippen molar-refractivity contribution in [3.8, 4) is 0 Å². The van der Waals surface area contributed by atoms with Gasteiger partial charge in [-0.2, -0.15) is 26.3 Å². The minimum atomic E-state index is -5.90. The van der Waals surface area contributed by atoms with Crippen molar-refractivity contribution >= 4 is 11.9 Å². The molecule has 1 aliphatic rings. The van der Waals surface area contributed by atoms with Crippen LogP contribution in [0.3, 0.4) is 0 Å². The van der Waals surface area contributed by atoms with Gasteiger partial charge in [0.2, 0.25) is 11.8 Å². The number of likely N-dealkylation sites (tertiary alicyclic amines) is 1. The maximum Gasteiger partial charge on any atom is 0.409 e. The first-order valence-corrected chi connectivity index (χ1v) is 5.20. The lowest BCUT2D eigenvalue weighted by atomic mass is 10.1. The third kappa shape index (κ3) is 3.32. The van der Waals surface area contributed by atoms with Gasteiger partial charge in [0.15, 0.2) is 0 Å². The summed E-state index contributed by atoms with van der Waals surface area (Å²) in [7, 11) is 0. The predicted octanol–water partition coefficient (Wildman–Crippen LogP) is 0.774. The number of hydrogen-bond acceptors (Lipinski definition) is 3. The topological polar surface area (TPSA) is 77.8 Å². The van der Waals surface area contributed by atoms with Crippen LogP contribution in [0, 0.1) is 5.92 Å². The van der Waals surface area contributed by atoms with Crippen LogP contribution in [0.15, 0.2) is 0 Å². The fraction of sp³-hybridized carbons (Fsp3) is 0.778. The Morgan fingerprint density at radius 3 is 1.90 bits per heavy atom. The lowest BCUT2D eigenvalue weighted by Gasteiger charge is -2.28. The molecule has 2 atom stereocenters. The summed E-state index contributed by atoms with van der Waals surface area (Å²) in [6, 6.07) is -1.91. The molecule has 0 aromatic heterocycles. The fourth-order valence-electron chi connectivity index (χ4n) is 1.92. The predicted molar refractivity (Wildman–Crippen MR) is 49.4 cm³/mol. The normalized spacial score (nSPS) is 24.3. The van der Waals surface area contributed by atoms with E-state index in [2.05, 4.69) is 0 Å². The number of carbonyl (C=O) groups is 2. The number of alkyl halides is 6. The average molecular weight is 309 g/mol. The molecule has 0 unspecified atom stereocenters. The number of carboxylic acids is 1. The average Bonchev–Trinajstić information content (AvgIpc) is 2.55. The molecule has 0 saturated carbocycles. The summed E-state index contributed by atoms with van der Waals surface area (Å²) in [5.41, 5.74) is 0. The summed E-state index contributed by atoms with van der Waals surface area (Å²) in [4.78, 5) is 22.0. The van der Waals surface area contributed by atoms with E-state index in [4.69, 9.17) is 10.2 Å². The van der Waals surface area contributed by atoms with Crippen LogP contribution in [-0.4, -0.2) is 58.0 Å². The van der Waals surface area contributed by atoms with Crippen molar-refractivity contribution in [2.75, 3.05) is 6.54 Å². The molecule has 5 nitrogen and oxygen atoms in total. The molecule has 0 aromatic carbocycles. The highest BCUT2D eigenvalue weighted by Gasteiger charge is 2.63. The number of nitrogens with zero attached hydrogens (tertiary/aromatic N) is 1. The Hall–Kier alpha value is -1.52. The molecule has 0 spiro atoms. The van der Waals surface area contributed by atoms with E-state index in [0.717, 1.165) is 0 Å². The van der Waals surface area contributed by atoms with Gasteiger partial charge in [-0.05, 0) is 0 Å².